The van der Waals surface area contributed by atoms with Gasteiger partial charge in [-0.2, -0.15) is 5.10 Å². The van der Waals surface area contributed by atoms with Crippen LogP contribution in [0.1, 0.15) is 38.2 Å². The lowest BCUT2D eigenvalue weighted by molar-refractivity contribution is -0.135. The molecule has 0 bridgehead atoms. The summed E-state index contributed by atoms with van der Waals surface area (Å²) < 4.78 is 7.69. The molecule has 3 heterocycles. The van der Waals surface area contributed by atoms with Crippen molar-refractivity contribution in [1.29, 1.82) is 0 Å². The molecule has 37 heavy (non-hydrogen) atoms. The predicted octanol–water partition coefficient (Wildman–Crippen LogP) is 5.45. The Morgan fingerprint density at radius 1 is 1.08 bits per heavy atom. The molecule has 0 saturated carbocycles. The summed E-state index contributed by atoms with van der Waals surface area (Å²) in [6.07, 6.45) is 7.51. The minimum absolute atomic E-state index is 0.0447. The second-order valence-corrected chi connectivity index (χ2v) is 9.78. The van der Waals surface area contributed by atoms with Crippen LogP contribution in [0.3, 0.4) is 0 Å². The Balaban J connectivity index is 1.24. The fourth-order valence-corrected chi connectivity index (χ4v) is 4.93. The molecular formula is C30H35N5O2. The van der Waals surface area contributed by atoms with Crippen molar-refractivity contribution in [3.05, 3.63) is 78.6 Å². The molecular weight excluding hydrogens is 462 g/mol. The van der Waals surface area contributed by atoms with Crippen LogP contribution in [0.15, 0.2) is 73.1 Å². The van der Waals surface area contributed by atoms with Gasteiger partial charge >= 0.3 is 0 Å². The number of piperidine rings is 1. The fourth-order valence-electron chi connectivity index (χ4n) is 4.93. The molecule has 0 atom stereocenters. The molecule has 0 aliphatic carbocycles. The number of carbonyl (C=O) groups excluding carboxylic acids is 1. The second-order valence-electron chi connectivity index (χ2n) is 9.78. The predicted molar refractivity (Wildman–Crippen MR) is 147 cm³/mol. The number of anilines is 1. The molecule has 4 aromatic rings. The van der Waals surface area contributed by atoms with Crippen molar-refractivity contribution in [1.82, 2.24) is 19.5 Å². The lowest BCUT2D eigenvalue weighted by Crippen LogP contribution is -2.41. The molecule has 1 saturated heterocycles. The number of aromatic nitrogens is 3. The minimum atomic E-state index is 0.0447. The summed E-state index contributed by atoms with van der Waals surface area (Å²) in [7, 11) is 1.90. The summed E-state index contributed by atoms with van der Waals surface area (Å²) in [6.45, 7) is 5.14. The monoisotopic (exact) mass is 497 g/mol. The van der Waals surface area contributed by atoms with Gasteiger partial charge in [0.05, 0.1) is 12.3 Å². The van der Waals surface area contributed by atoms with Crippen LogP contribution in [0, 0.1) is 5.92 Å². The molecule has 0 unspecified atom stereocenters. The lowest BCUT2D eigenvalue weighted by atomic mass is 9.95. The number of ether oxygens (including phenoxy) is 1. The van der Waals surface area contributed by atoms with Crippen LogP contribution in [0.5, 0.6) is 5.75 Å². The van der Waals surface area contributed by atoms with Gasteiger partial charge in [-0.15, -0.1) is 0 Å². The number of nitrogens with zero attached hydrogens (tertiary/aromatic N) is 5. The molecule has 7 heteroatoms. The van der Waals surface area contributed by atoms with E-state index in [1.165, 1.54) is 0 Å². The molecule has 0 radical (unpaired) electrons. The molecule has 7 nitrogen and oxygen atoms in total. The summed E-state index contributed by atoms with van der Waals surface area (Å²) in [4.78, 5) is 21.9. The van der Waals surface area contributed by atoms with Crippen molar-refractivity contribution in [3.8, 4) is 17.0 Å². The van der Waals surface area contributed by atoms with Crippen LogP contribution < -0.4 is 9.64 Å². The van der Waals surface area contributed by atoms with Crippen LogP contribution in [-0.2, 0) is 11.3 Å². The van der Waals surface area contributed by atoms with Crippen LogP contribution >= 0.6 is 0 Å². The van der Waals surface area contributed by atoms with Crippen molar-refractivity contribution in [2.24, 2.45) is 5.92 Å². The first-order valence-corrected chi connectivity index (χ1v) is 13.2. The van der Waals surface area contributed by atoms with E-state index in [9.17, 15) is 4.79 Å². The Bertz CT molecular complexity index is 1310. The van der Waals surface area contributed by atoms with Gasteiger partial charge in [0.15, 0.2) is 5.82 Å². The molecule has 1 fully saturated rings. The molecule has 1 amide bonds. The first-order valence-electron chi connectivity index (χ1n) is 13.2. The standard InChI is InChI=1S/C30H35N5O2/c1-3-4-20-37-26-12-10-24(11-13-26)27-21-28-29(31-16-19-35(28)32-27)34-17-14-25(15-18-34)30(36)33(2)22-23-8-6-5-7-9-23/h5-13,16,19,21,25H,3-4,14-15,17-18,20,22H2,1-2H3. The van der Waals surface area contributed by atoms with Gasteiger partial charge in [-0.3, -0.25) is 4.79 Å². The Morgan fingerprint density at radius 3 is 2.57 bits per heavy atom. The highest BCUT2D eigenvalue weighted by molar-refractivity contribution is 5.79. The molecule has 192 valence electrons. The Hall–Kier alpha value is -3.87. The van der Waals surface area contributed by atoms with Crippen LogP contribution in [-0.4, -0.2) is 52.1 Å². The first-order chi connectivity index (χ1) is 18.1. The van der Waals surface area contributed by atoms with Crippen molar-refractivity contribution in [2.75, 3.05) is 31.6 Å². The van der Waals surface area contributed by atoms with E-state index in [1.54, 1.807) is 6.20 Å². The summed E-state index contributed by atoms with van der Waals surface area (Å²) in [5.41, 5.74) is 4.08. The van der Waals surface area contributed by atoms with E-state index >= 15 is 0 Å². The maximum Gasteiger partial charge on any atom is 0.225 e. The van der Waals surface area contributed by atoms with Gasteiger partial charge in [0.2, 0.25) is 5.91 Å². The zero-order chi connectivity index (χ0) is 25.6. The van der Waals surface area contributed by atoms with E-state index in [0.717, 1.165) is 79.3 Å². The van der Waals surface area contributed by atoms with Crippen molar-refractivity contribution < 1.29 is 9.53 Å². The van der Waals surface area contributed by atoms with Crippen LogP contribution in [0.2, 0.25) is 0 Å². The smallest absolute Gasteiger partial charge is 0.225 e. The average Bonchev–Trinajstić information content (AvgIpc) is 3.38. The van der Waals surface area contributed by atoms with Crippen molar-refractivity contribution in [3.63, 3.8) is 0 Å². The third-order valence-electron chi connectivity index (χ3n) is 7.07. The number of hydrogen-bond acceptors (Lipinski definition) is 5. The van der Waals surface area contributed by atoms with E-state index in [1.807, 2.05) is 53.0 Å². The number of unbranched alkanes of at least 4 members (excludes halogenated alkanes) is 1. The third-order valence-corrected chi connectivity index (χ3v) is 7.07. The average molecular weight is 498 g/mol. The topological polar surface area (TPSA) is 63.0 Å². The van der Waals surface area contributed by atoms with Gasteiger partial charge in [-0.05, 0) is 55.2 Å². The van der Waals surface area contributed by atoms with Gasteiger partial charge in [0, 0.05) is 50.6 Å². The second kappa shape index (κ2) is 11.5. The largest absolute Gasteiger partial charge is 0.494 e. The fraction of sp³-hybridized carbons (Fsp3) is 0.367. The normalized spacial score (nSPS) is 14.2. The lowest BCUT2D eigenvalue weighted by Gasteiger charge is -2.34. The van der Waals surface area contributed by atoms with Gasteiger partial charge in [0.1, 0.15) is 11.3 Å². The first kappa shape index (κ1) is 24.8. The molecule has 5 rings (SSSR count). The van der Waals surface area contributed by atoms with Gasteiger partial charge in [-0.25, -0.2) is 9.50 Å². The third kappa shape index (κ3) is 5.77. The zero-order valence-electron chi connectivity index (χ0n) is 21.7. The Labute approximate surface area is 218 Å². The summed E-state index contributed by atoms with van der Waals surface area (Å²) in [5.74, 6) is 2.08. The van der Waals surface area contributed by atoms with E-state index in [2.05, 4.69) is 42.2 Å². The highest BCUT2D eigenvalue weighted by Crippen LogP contribution is 2.29. The number of rotatable bonds is 9. The van der Waals surface area contributed by atoms with E-state index in [4.69, 9.17) is 14.8 Å². The zero-order valence-corrected chi connectivity index (χ0v) is 21.7. The van der Waals surface area contributed by atoms with E-state index < -0.39 is 0 Å². The van der Waals surface area contributed by atoms with Crippen LogP contribution in [0.4, 0.5) is 5.82 Å². The number of carbonyl (C=O) groups is 1. The van der Waals surface area contributed by atoms with Gasteiger partial charge in [0.25, 0.3) is 0 Å². The molecule has 0 spiro atoms. The quantitative estimate of drug-likeness (QED) is 0.288. The summed E-state index contributed by atoms with van der Waals surface area (Å²) in [5, 5.41) is 4.80. The number of amides is 1. The summed E-state index contributed by atoms with van der Waals surface area (Å²) in [6, 6.07) is 20.4. The summed E-state index contributed by atoms with van der Waals surface area (Å²) >= 11 is 0. The number of hydrogen-bond donors (Lipinski definition) is 0. The molecule has 1 aliphatic heterocycles. The maximum atomic E-state index is 13.1. The SMILES string of the molecule is CCCCOc1ccc(-c2cc3c(N4CCC(C(=O)N(C)Cc5ccccc5)CC4)nccn3n2)cc1. The molecule has 1 aliphatic rings. The molecule has 0 N–H and O–H groups in total. The minimum Gasteiger partial charge on any atom is -0.494 e. The van der Waals surface area contributed by atoms with Crippen molar-refractivity contribution in [2.45, 2.75) is 39.2 Å². The Morgan fingerprint density at radius 2 is 1.84 bits per heavy atom. The highest BCUT2D eigenvalue weighted by Gasteiger charge is 2.28. The number of fused-ring (bicyclic) bond motifs is 1. The van der Waals surface area contributed by atoms with Gasteiger partial charge < -0.3 is 14.5 Å². The number of benzene rings is 2. The molecule has 2 aromatic carbocycles. The molecule has 2 aromatic heterocycles. The Kier molecular flexibility index (Phi) is 7.68. The van der Waals surface area contributed by atoms with E-state index in [0.29, 0.717) is 6.54 Å². The van der Waals surface area contributed by atoms with E-state index in [-0.39, 0.29) is 11.8 Å². The van der Waals surface area contributed by atoms with Crippen LogP contribution in [0.25, 0.3) is 16.8 Å². The van der Waals surface area contributed by atoms with Crippen molar-refractivity contribution >= 4 is 17.2 Å². The van der Waals surface area contributed by atoms with Gasteiger partial charge in [-0.1, -0.05) is 43.7 Å². The maximum absolute atomic E-state index is 13.1. The highest BCUT2D eigenvalue weighted by atomic mass is 16.5.